The Morgan fingerprint density at radius 3 is 2.61 bits per heavy atom. The Bertz CT molecular complexity index is 941. The minimum Gasteiger partial charge on any atom is -0.467 e. The van der Waals surface area contributed by atoms with Crippen molar-refractivity contribution in [2.24, 2.45) is 11.8 Å². The monoisotopic (exact) mass is 453 g/mol. The van der Waals surface area contributed by atoms with Crippen LogP contribution in [0.4, 0.5) is 5.82 Å². The molecule has 2 heterocycles. The van der Waals surface area contributed by atoms with E-state index in [9.17, 15) is 4.79 Å². The number of fused-ring (bicyclic) bond motifs is 1. The molecule has 7 heteroatoms. The summed E-state index contributed by atoms with van der Waals surface area (Å²) < 4.78 is 5.02. The second kappa shape index (κ2) is 10.8. The molecule has 1 saturated heterocycles. The number of carbonyl (C=O) groups excluding carboxylic acids is 1. The lowest BCUT2D eigenvalue weighted by molar-refractivity contribution is -0.142. The van der Waals surface area contributed by atoms with E-state index < -0.39 is 6.04 Å². The summed E-state index contributed by atoms with van der Waals surface area (Å²) in [4.78, 5) is 27.2. The average molecular weight is 454 g/mol. The number of benzene rings is 1. The van der Waals surface area contributed by atoms with Crippen molar-refractivity contribution < 1.29 is 9.53 Å². The number of methoxy groups -OCH3 is 1. The number of nitrogens with zero attached hydrogens (tertiary/aromatic N) is 4. The van der Waals surface area contributed by atoms with Crippen LogP contribution in [0, 0.1) is 11.8 Å². The molecule has 180 valence electrons. The van der Waals surface area contributed by atoms with E-state index in [4.69, 9.17) is 14.7 Å². The summed E-state index contributed by atoms with van der Waals surface area (Å²) in [5.74, 6) is 2.16. The van der Waals surface area contributed by atoms with E-state index in [0.29, 0.717) is 5.82 Å². The molecule has 7 nitrogen and oxygen atoms in total. The molecule has 1 saturated carbocycles. The van der Waals surface area contributed by atoms with Crippen molar-refractivity contribution in [2.75, 3.05) is 38.6 Å². The third-order valence-corrected chi connectivity index (χ3v) is 7.26. The fourth-order valence-corrected chi connectivity index (χ4v) is 5.30. The van der Waals surface area contributed by atoms with Crippen LogP contribution in [0.25, 0.3) is 10.9 Å². The van der Waals surface area contributed by atoms with Crippen molar-refractivity contribution in [1.29, 1.82) is 0 Å². The Labute approximate surface area is 197 Å². The summed E-state index contributed by atoms with van der Waals surface area (Å²) in [5, 5.41) is 4.27. The number of ether oxygens (including phenoxy) is 1. The fourth-order valence-electron chi connectivity index (χ4n) is 5.30. The van der Waals surface area contributed by atoms with Gasteiger partial charge in [0.25, 0.3) is 0 Å². The van der Waals surface area contributed by atoms with Crippen LogP contribution >= 0.6 is 0 Å². The summed E-state index contributed by atoms with van der Waals surface area (Å²) in [7, 11) is 1.43. The Morgan fingerprint density at radius 1 is 1.15 bits per heavy atom. The molecule has 2 aliphatic rings. The van der Waals surface area contributed by atoms with E-state index in [2.05, 4.69) is 22.0 Å². The number of hydrogen-bond acceptors (Lipinski definition) is 7. The van der Waals surface area contributed by atoms with Gasteiger partial charge in [-0.3, -0.25) is 9.80 Å². The summed E-state index contributed by atoms with van der Waals surface area (Å²) in [5.41, 5.74) is 0.896. The van der Waals surface area contributed by atoms with Crippen LogP contribution in [-0.4, -0.2) is 71.1 Å². The molecule has 1 N–H and O–H groups in total. The van der Waals surface area contributed by atoms with Gasteiger partial charge in [-0.1, -0.05) is 45.7 Å². The molecule has 1 aromatic heterocycles. The number of esters is 1. The van der Waals surface area contributed by atoms with E-state index in [1.54, 1.807) is 0 Å². The summed E-state index contributed by atoms with van der Waals surface area (Å²) in [6, 6.07) is 8.28. The highest BCUT2D eigenvalue weighted by Crippen LogP contribution is 2.28. The topological polar surface area (TPSA) is 70.6 Å². The van der Waals surface area contributed by atoms with Gasteiger partial charge in [0.2, 0.25) is 0 Å². The van der Waals surface area contributed by atoms with Gasteiger partial charge < -0.3 is 10.1 Å². The van der Waals surface area contributed by atoms with E-state index in [1.807, 2.05) is 38.1 Å². The van der Waals surface area contributed by atoms with Crippen molar-refractivity contribution in [3.05, 3.63) is 30.1 Å². The lowest BCUT2D eigenvalue weighted by Gasteiger charge is -2.41. The van der Waals surface area contributed by atoms with Crippen molar-refractivity contribution >= 4 is 22.7 Å². The molecule has 0 spiro atoms. The first-order valence-corrected chi connectivity index (χ1v) is 12.5. The fraction of sp³-hybridized carbons (Fsp3) is 0.654. The zero-order chi connectivity index (χ0) is 23.4. The molecule has 0 amide bonds. The Balaban J connectivity index is 1.46. The third kappa shape index (κ3) is 5.82. The molecule has 0 radical (unpaired) electrons. The summed E-state index contributed by atoms with van der Waals surface area (Å²) in [6.45, 7) is 11.5. The highest BCUT2D eigenvalue weighted by Gasteiger charge is 2.28. The first-order chi connectivity index (χ1) is 15.9. The highest BCUT2D eigenvalue weighted by molar-refractivity contribution is 5.91. The van der Waals surface area contributed by atoms with Crippen LogP contribution in [0.3, 0.4) is 0 Å². The van der Waals surface area contributed by atoms with Gasteiger partial charge in [-0.25, -0.2) is 14.8 Å². The SMILES string of the molecule is COC(=O)[C@@H](Nc1nc(CN2CCN(C3CCCC(C)C3)CC2)nc2ccccc12)C(C)C. The number of hydrogen-bond donors (Lipinski definition) is 1. The number of anilines is 1. The second-order valence-electron chi connectivity index (χ2n) is 10.1. The van der Waals surface area contributed by atoms with Gasteiger partial charge in [0.05, 0.1) is 19.2 Å². The van der Waals surface area contributed by atoms with Gasteiger partial charge >= 0.3 is 5.97 Å². The predicted octanol–water partition coefficient (Wildman–Crippen LogP) is 3.94. The van der Waals surface area contributed by atoms with Crippen molar-refractivity contribution in [3.8, 4) is 0 Å². The number of piperazine rings is 1. The first kappa shape index (κ1) is 23.9. The molecule has 3 atom stereocenters. The van der Waals surface area contributed by atoms with Crippen LogP contribution < -0.4 is 5.32 Å². The standard InChI is InChI=1S/C26H39N5O2/c1-18(2)24(26(32)33-4)29-25-21-10-5-6-11-22(21)27-23(28-25)17-30-12-14-31(15-13-30)20-9-7-8-19(3)16-20/h5-6,10-11,18-20,24H,7-9,12-17H2,1-4H3,(H,27,28,29)/t19?,20?,24-/m0/s1. The molecule has 1 aromatic carbocycles. The normalized spacial score (nSPS) is 23.5. The molecule has 33 heavy (non-hydrogen) atoms. The van der Waals surface area contributed by atoms with Gasteiger partial charge in [-0.05, 0) is 36.8 Å². The smallest absolute Gasteiger partial charge is 0.328 e. The molecule has 0 bridgehead atoms. The van der Waals surface area contributed by atoms with Crippen molar-refractivity contribution in [3.63, 3.8) is 0 Å². The average Bonchev–Trinajstić information content (AvgIpc) is 2.82. The van der Waals surface area contributed by atoms with Crippen LogP contribution in [0.2, 0.25) is 0 Å². The minimum absolute atomic E-state index is 0.0743. The Morgan fingerprint density at radius 2 is 1.91 bits per heavy atom. The molecule has 2 aromatic rings. The molecule has 2 fully saturated rings. The number of para-hydroxylation sites is 1. The second-order valence-corrected chi connectivity index (χ2v) is 10.1. The van der Waals surface area contributed by atoms with Crippen LogP contribution in [0.5, 0.6) is 0 Å². The van der Waals surface area contributed by atoms with Gasteiger partial charge in [0.15, 0.2) is 0 Å². The van der Waals surface area contributed by atoms with Gasteiger partial charge in [-0.2, -0.15) is 0 Å². The minimum atomic E-state index is -0.456. The summed E-state index contributed by atoms with van der Waals surface area (Å²) in [6.07, 6.45) is 5.46. The van der Waals surface area contributed by atoms with Gasteiger partial charge in [0.1, 0.15) is 17.7 Å². The predicted molar refractivity (Wildman–Crippen MR) is 132 cm³/mol. The lowest BCUT2D eigenvalue weighted by atomic mass is 9.86. The Kier molecular flexibility index (Phi) is 7.81. The first-order valence-electron chi connectivity index (χ1n) is 12.5. The van der Waals surface area contributed by atoms with Crippen LogP contribution in [0.1, 0.15) is 52.3 Å². The van der Waals surface area contributed by atoms with Crippen LogP contribution in [-0.2, 0) is 16.1 Å². The molecule has 2 unspecified atom stereocenters. The molecular formula is C26H39N5O2. The quantitative estimate of drug-likeness (QED) is 0.637. The van der Waals surface area contributed by atoms with E-state index >= 15 is 0 Å². The number of carbonyl (C=O) groups is 1. The maximum atomic E-state index is 12.3. The van der Waals surface area contributed by atoms with E-state index in [0.717, 1.165) is 61.4 Å². The Hall–Kier alpha value is -2.25. The van der Waals surface area contributed by atoms with Gasteiger partial charge in [-0.15, -0.1) is 0 Å². The zero-order valence-corrected chi connectivity index (χ0v) is 20.6. The number of aromatic nitrogens is 2. The van der Waals surface area contributed by atoms with Crippen LogP contribution in [0.15, 0.2) is 24.3 Å². The largest absolute Gasteiger partial charge is 0.467 e. The molecule has 1 aliphatic heterocycles. The number of rotatable bonds is 7. The molecular weight excluding hydrogens is 414 g/mol. The summed E-state index contributed by atoms with van der Waals surface area (Å²) >= 11 is 0. The van der Waals surface area contributed by atoms with E-state index in [-0.39, 0.29) is 11.9 Å². The third-order valence-electron chi connectivity index (χ3n) is 7.26. The van der Waals surface area contributed by atoms with E-state index in [1.165, 1.54) is 32.8 Å². The van der Waals surface area contributed by atoms with Crippen molar-refractivity contribution in [1.82, 2.24) is 19.8 Å². The number of nitrogens with one attached hydrogen (secondary N) is 1. The van der Waals surface area contributed by atoms with Crippen molar-refractivity contribution in [2.45, 2.75) is 65.1 Å². The molecule has 1 aliphatic carbocycles. The molecule has 4 rings (SSSR count). The lowest BCUT2D eigenvalue weighted by Crippen LogP contribution is -2.51. The maximum Gasteiger partial charge on any atom is 0.328 e. The zero-order valence-electron chi connectivity index (χ0n) is 20.6. The van der Waals surface area contributed by atoms with Gasteiger partial charge in [0, 0.05) is 37.6 Å². The maximum absolute atomic E-state index is 12.3. The highest BCUT2D eigenvalue weighted by atomic mass is 16.5.